The van der Waals surface area contributed by atoms with Gasteiger partial charge in [-0.25, -0.2) is 8.78 Å². The highest BCUT2D eigenvalue weighted by molar-refractivity contribution is 5.22. The summed E-state index contributed by atoms with van der Waals surface area (Å²) >= 11 is 0. The van der Waals surface area contributed by atoms with Crippen LogP contribution in [0.2, 0.25) is 0 Å². The van der Waals surface area contributed by atoms with Crippen molar-refractivity contribution >= 4 is 0 Å². The minimum absolute atomic E-state index is 0.233. The van der Waals surface area contributed by atoms with Gasteiger partial charge < -0.3 is 11.1 Å². The highest BCUT2D eigenvalue weighted by atomic mass is 19.1. The van der Waals surface area contributed by atoms with Crippen LogP contribution < -0.4 is 11.1 Å². The molecule has 72 valence electrons. The number of benzene rings is 1. The first-order valence-electron chi connectivity index (χ1n) is 4.01. The number of rotatable bonds is 3. The molecule has 3 N–H and O–H groups in total. The Morgan fingerprint density at radius 1 is 1.46 bits per heavy atom. The van der Waals surface area contributed by atoms with E-state index in [1.54, 1.807) is 7.05 Å². The van der Waals surface area contributed by atoms with Crippen LogP contribution in [0.5, 0.6) is 0 Å². The maximum absolute atomic E-state index is 13.1. The van der Waals surface area contributed by atoms with Gasteiger partial charge in [-0.15, -0.1) is 0 Å². The fraction of sp³-hybridized carbons (Fsp3) is 0.333. The number of nitrogens with one attached hydrogen (secondary N) is 1. The summed E-state index contributed by atoms with van der Waals surface area (Å²) in [6, 6.07) is 3.01. The largest absolute Gasteiger partial charge is 0.329 e. The Morgan fingerprint density at radius 2 is 2.15 bits per heavy atom. The van der Waals surface area contributed by atoms with Gasteiger partial charge in [-0.3, -0.25) is 0 Å². The van der Waals surface area contributed by atoms with Crippen molar-refractivity contribution in [1.82, 2.24) is 5.32 Å². The molecule has 2 nitrogen and oxygen atoms in total. The van der Waals surface area contributed by atoms with Crippen molar-refractivity contribution in [3.63, 3.8) is 0 Å². The number of likely N-dealkylation sites (N-methyl/N-ethyl adjacent to an activating group) is 1. The van der Waals surface area contributed by atoms with E-state index in [0.29, 0.717) is 0 Å². The fourth-order valence-corrected chi connectivity index (χ4v) is 1.18. The standard InChI is InChI=1S/C9H12F2N2/c1-13-9(5-12)7-4-6(10)2-3-8(7)11/h2-4,9,13H,5,12H2,1H3/t9-/m0/s1. The van der Waals surface area contributed by atoms with Gasteiger partial charge >= 0.3 is 0 Å². The van der Waals surface area contributed by atoms with Crippen molar-refractivity contribution in [2.75, 3.05) is 13.6 Å². The van der Waals surface area contributed by atoms with Gasteiger partial charge in [0, 0.05) is 18.2 Å². The summed E-state index contributed by atoms with van der Waals surface area (Å²) in [6.07, 6.45) is 0. The van der Waals surface area contributed by atoms with Gasteiger partial charge in [0.15, 0.2) is 0 Å². The van der Waals surface area contributed by atoms with Crippen molar-refractivity contribution in [2.45, 2.75) is 6.04 Å². The molecule has 1 aromatic carbocycles. The summed E-state index contributed by atoms with van der Waals surface area (Å²) in [5.41, 5.74) is 5.65. The van der Waals surface area contributed by atoms with Crippen LogP contribution in [0.25, 0.3) is 0 Å². The van der Waals surface area contributed by atoms with Gasteiger partial charge in [0.1, 0.15) is 11.6 Å². The Morgan fingerprint density at radius 3 is 2.69 bits per heavy atom. The lowest BCUT2D eigenvalue weighted by atomic mass is 10.1. The summed E-state index contributed by atoms with van der Waals surface area (Å²) in [5.74, 6) is -0.892. The lowest BCUT2D eigenvalue weighted by molar-refractivity contribution is 0.530. The third-order valence-corrected chi connectivity index (χ3v) is 1.92. The highest BCUT2D eigenvalue weighted by Gasteiger charge is 2.12. The van der Waals surface area contributed by atoms with Crippen LogP contribution in [0.4, 0.5) is 8.78 Å². The maximum atomic E-state index is 13.1. The molecule has 0 spiro atoms. The summed E-state index contributed by atoms with van der Waals surface area (Å²) in [5, 5.41) is 2.80. The molecule has 0 amide bonds. The summed E-state index contributed by atoms with van der Waals surface area (Å²) < 4.78 is 25.9. The SMILES string of the molecule is CN[C@@H](CN)c1cc(F)ccc1F. The second-order valence-corrected chi connectivity index (χ2v) is 2.74. The first-order valence-corrected chi connectivity index (χ1v) is 4.01. The zero-order valence-corrected chi connectivity index (χ0v) is 7.35. The maximum Gasteiger partial charge on any atom is 0.128 e. The minimum atomic E-state index is -0.454. The molecule has 1 rings (SSSR count). The zero-order chi connectivity index (χ0) is 9.84. The summed E-state index contributed by atoms with van der Waals surface area (Å²) in [6.45, 7) is 0.233. The predicted molar refractivity (Wildman–Crippen MR) is 47.2 cm³/mol. The quantitative estimate of drug-likeness (QED) is 0.744. The second kappa shape index (κ2) is 4.30. The van der Waals surface area contributed by atoms with Gasteiger partial charge in [0.05, 0.1) is 0 Å². The molecule has 0 aliphatic carbocycles. The van der Waals surface area contributed by atoms with Crippen LogP contribution in [0.15, 0.2) is 18.2 Å². The average molecular weight is 186 g/mol. The normalized spacial score (nSPS) is 12.9. The third kappa shape index (κ3) is 2.23. The van der Waals surface area contributed by atoms with E-state index in [-0.39, 0.29) is 18.2 Å². The van der Waals surface area contributed by atoms with Gasteiger partial charge in [-0.1, -0.05) is 0 Å². The van der Waals surface area contributed by atoms with Crippen LogP contribution in [-0.2, 0) is 0 Å². The van der Waals surface area contributed by atoms with Crippen LogP contribution in [0, 0.1) is 11.6 Å². The van der Waals surface area contributed by atoms with E-state index in [2.05, 4.69) is 5.32 Å². The molecule has 1 aromatic rings. The van der Waals surface area contributed by atoms with Crippen molar-refractivity contribution in [3.05, 3.63) is 35.4 Å². The zero-order valence-electron chi connectivity index (χ0n) is 7.35. The predicted octanol–water partition coefficient (Wildman–Crippen LogP) is 1.18. The topological polar surface area (TPSA) is 38.0 Å². The van der Waals surface area contributed by atoms with Gasteiger partial charge in [0.2, 0.25) is 0 Å². The fourth-order valence-electron chi connectivity index (χ4n) is 1.18. The van der Waals surface area contributed by atoms with E-state index in [1.807, 2.05) is 0 Å². The van der Waals surface area contributed by atoms with E-state index >= 15 is 0 Å². The van der Waals surface area contributed by atoms with Crippen molar-refractivity contribution < 1.29 is 8.78 Å². The smallest absolute Gasteiger partial charge is 0.128 e. The van der Waals surface area contributed by atoms with Crippen molar-refractivity contribution in [2.24, 2.45) is 5.73 Å². The summed E-state index contributed by atoms with van der Waals surface area (Å²) in [7, 11) is 1.65. The molecule has 4 heteroatoms. The molecular formula is C9H12F2N2. The molecule has 0 radical (unpaired) electrons. The Labute approximate surface area is 75.7 Å². The lowest BCUT2D eigenvalue weighted by Crippen LogP contribution is -2.25. The molecule has 0 saturated carbocycles. The Kier molecular flexibility index (Phi) is 3.33. The second-order valence-electron chi connectivity index (χ2n) is 2.74. The molecule has 0 bridgehead atoms. The summed E-state index contributed by atoms with van der Waals surface area (Å²) in [4.78, 5) is 0. The van der Waals surface area contributed by atoms with Crippen molar-refractivity contribution in [1.29, 1.82) is 0 Å². The first-order chi connectivity index (χ1) is 6.19. The van der Waals surface area contributed by atoms with Gasteiger partial charge in [0.25, 0.3) is 0 Å². The Bertz CT molecular complexity index is 285. The molecule has 0 aliphatic heterocycles. The average Bonchev–Trinajstić information content (AvgIpc) is 2.13. The van der Waals surface area contributed by atoms with E-state index in [1.165, 1.54) is 0 Å². The highest BCUT2D eigenvalue weighted by Crippen LogP contribution is 2.16. The van der Waals surface area contributed by atoms with E-state index in [9.17, 15) is 8.78 Å². The molecule has 13 heavy (non-hydrogen) atoms. The number of halogens is 2. The van der Waals surface area contributed by atoms with Crippen LogP contribution in [-0.4, -0.2) is 13.6 Å². The molecule has 0 fully saturated rings. The van der Waals surface area contributed by atoms with Crippen molar-refractivity contribution in [3.8, 4) is 0 Å². The first kappa shape index (κ1) is 10.1. The molecule has 0 aliphatic rings. The number of hydrogen-bond donors (Lipinski definition) is 2. The lowest BCUT2D eigenvalue weighted by Gasteiger charge is -2.14. The third-order valence-electron chi connectivity index (χ3n) is 1.92. The van der Waals surface area contributed by atoms with E-state index in [0.717, 1.165) is 18.2 Å². The molecule has 0 heterocycles. The number of nitrogens with two attached hydrogens (primary N) is 1. The van der Waals surface area contributed by atoms with Crippen LogP contribution in [0.1, 0.15) is 11.6 Å². The molecular weight excluding hydrogens is 174 g/mol. The number of hydrogen-bond acceptors (Lipinski definition) is 2. The minimum Gasteiger partial charge on any atom is -0.329 e. The molecule has 0 saturated heterocycles. The molecule has 1 atom stereocenters. The Balaban J connectivity index is 3.03. The molecule has 0 unspecified atom stereocenters. The molecule has 0 aromatic heterocycles. The van der Waals surface area contributed by atoms with Gasteiger partial charge in [-0.05, 0) is 25.2 Å². The van der Waals surface area contributed by atoms with E-state index in [4.69, 9.17) is 5.73 Å². The Hall–Kier alpha value is -1.00. The monoisotopic (exact) mass is 186 g/mol. The van der Waals surface area contributed by atoms with E-state index < -0.39 is 11.6 Å². The van der Waals surface area contributed by atoms with Crippen LogP contribution in [0.3, 0.4) is 0 Å². The van der Waals surface area contributed by atoms with Gasteiger partial charge in [-0.2, -0.15) is 0 Å². The van der Waals surface area contributed by atoms with Crippen LogP contribution >= 0.6 is 0 Å².